The minimum Gasteiger partial charge on any atom is -0.458 e. The van der Waals surface area contributed by atoms with Crippen LogP contribution in [-0.2, 0) is 11.2 Å². The first-order chi connectivity index (χ1) is 10.7. The highest BCUT2D eigenvalue weighted by Crippen LogP contribution is 2.12. The molecule has 0 fully saturated rings. The van der Waals surface area contributed by atoms with Gasteiger partial charge in [-0.3, -0.25) is 4.40 Å². The minimum atomic E-state index is -0.334. The molecule has 0 spiro atoms. The monoisotopic (exact) mass is 294 g/mol. The van der Waals surface area contributed by atoms with Crippen LogP contribution in [0.5, 0.6) is 0 Å². The van der Waals surface area contributed by atoms with Gasteiger partial charge in [-0.15, -0.1) is 0 Å². The lowest BCUT2D eigenvalue weighted by Crippen LogP contribution is -2.17. The summed E-state index contributed by atoms with van der Waals surface area (Å²) in [5.74, 6) is -0.334. The number of hydrogen-bond acceptors (Lipinski definition) is 3. The Morgan fingerprint density at radius 2 is 1.95 bits per heavy atom. The fourth-order valence-corrected chi connectivity index (χ4v) is 2.40. The molecule has 0 saturated carbocycles. The van der Waals surface area contributed by atoms with E-state index in [0.717, 1.165) is 18.5 Å². The summed E-state index contributed by atoms with van der Waals surface area (Å²) in [5.41, 5.74) is 2.45. The Balaban J connectivity index is 1.61. The Kier molecular flexibility index (Phi) is 4.19. The van der Waals surface area contributed by atoms with E-state index in [1.807, 2.05) is 49.5 Å². The molecule has 2 heterocycles. The molecule has 2 aromatic heterocycles. The van der Waals surface area contributed by atoms with Crippen LogP contribution >= 0.6 is 0 Å². The third kappa shape index (κ3) is 3.17. The third-order valence-electron chi connectivity index (χ3n) is 3.62. The minimum absolute atomic E-state index is 0.137. The number of rotatable bonds is 5. The lowest BCUT2D eigenvalue weighted by Gasteiger charge is -2.13. The molecule has 3 aromatic rings. The van der Waals surface area contributed by atoms with E-state index in [2.05, 4.69) is 17.1 Å². The highest BCUT2D eigenvalue weighted by atomic mass is 16.5. The molecule has 0 aliphatic heterocycles. The van der Waals surface area contributed by atoms with E-state index >= 15 is 0 Å². The van der Waals surface area contributed by atoms with Crippen LogP contribution in [0.3, 0.4) is 0 Å². The molecule has 3 rings (SSSR count). The van der Waals surface area contributed by atoms with Crippen molar-refractivity contribution in [1.82, 2.24) is 9.38 Å². The summed E-state index contributed by atoms with van der Waals surface area (Å²) >= 11 is 0. The number of esters is 1. The van der Waals surface area contributed by atoms with Crippen molar-refractivity contribution < 1.29 is 9.53 Å². The maximum absolute atomic E-state index is 12.3. The van der Waals surface area contributed by atoms with Crippen molar-refractivity contribution in [3.63, 3.8) is 0 Å². The number of hydrogen-bond donors (Lipinski definition) is 0. The number of aromatic nitrogens is 2. The van der Waals surface area contributed by atoms with Crippen LogP contribution in [0.4, 0.5) is 0 Å². The molecule has 0 aliphatic carbocycles. The van der Waals surface area contributed by atoms with Crippen LogP contribution in [0.2, 0.25) is 0 Å². The number of carbonyl (C=O) groups excluding carboxylic acids is 1. The topological polar surface area (TPSA) is 43.6 Å². The Bertz CT molecular complexity index is 765. The van der Waals surface area contributed by atoms with Crippen LogP contribution in [0.1, 0.15) is 29.4 Å². The van der Waals surface area contributed by atoms with E-state index in [1.165, 1.54) is 5.56 Å². The SMILES string of the molecule is CC(CCc1ccccc1)OC(=O)c1cnc2ccccn12. The highest BCUT2D eigenvalue weighted by molar-refractivity contribution is 5.88. The Morgan fingerprint density at radius 1 is 1.18 bits per heavy atom. The summed E-state index contributed by atoms with van der Waals surface area (Å²) in [6.45, 7) is 1.92. The molecule has 112 valence electrons. The molecule has 1 unspecified atom stereocenters. The first kappa shape index (κ1) is 14.3. The van der Waals surface area contributed by atoms with Crippen LogP contribution in [0, 0.1) is 0 Å². The van der Waals surface area contributed by atoms with Gasteiger partial charge in [0.2, 0.25) is 0 Å². The van der Waals surface area contributed by atoms with Crippen LogP contribution in [0.15, 0.2) is 60.9 Å². The largest absolute Gasteiger partial charge is 0.458 e. The summed E-state index contributed by atoms with van der Waals surface area (Å²) in [6, 6.07) is 15.8. The van der Waals surface area contributed by atoms with Gasteiger partial charge in [-0.05, 0) is 37.5 Å². The second-order valence-corrected chi connectivity index (χ2v) is 5.31. The Hall–Kier alpha value is -2.62. The summed E-state index contributed by atoms with van der Waals surface area (Å²) < 4.78 is 7.27. The molecule has 0 aliphatic rings. The molecule has 1 atom stereocenters. The first-order valence-electron chi connectivity index (χ1n) is 7.41. The van der Waals surface area contributed by atoms with Crippen molar-refractivity contribution >= 4 is 11.6 Å². The average Bonchev–Trinajstić information content (AvgIpc) is 2.98. The normalized spacial score (nSPS) is 12.2. The molecular weight excluding hydrogens is 276 g/mol. The number of benzene rings is 1. The van der Waals surface area contributed by atoms with Crippen molar-refractivity contribution in [2.75, 3.05) is 0 Å². The van der Waals surface area contributed by atoms with E-state index in [0.29, 0.717) is 5.69 Å². The molecule has 0 bridgehead atoms. The molecular formula is C18H18N2O2. The first-order valence-corrected chi connectivity index (χ1v) is 7.41. The summed E-state index contributed by atoms with van der Waals surface area (Å²) in [4.78, 5) is 16.5. The predicted molar refractivity (Wildman–Crippen MR) is 84.8 cm³/mol. The van der Waals surface area contributed by atoms with Crippen molar-refractivity contribution in [2.45, 2.75) is 25.9 Å². The quantitative estimate of drug-likeness (QED) is 0.676. The van der Waals surface area contributed by atoms with Gasteiger partial charge in [-0.1, -0.05) is 36.4 Å². The van der Waals surface area contributed by atoms with Gasteiger partial charge in [-0.25, -0.2) is 9.78 Å². The standard InChI is InChI=1S/C18H18N2O2/c1-14(10-11-15-7-3-2-4-8-15)22-18(21)16-13-19-17-9-5-6-12-20(16)17/h2-9,12-14H,10-11H2,1H3. The molecule has 0 amide bonds. The van der Waals surface area contributed by atoms with Gasteiger partial charge < -0.3 is 4.74 Å². The third-order valence-corrected chi connectivity index (χ3v) is 3.62. The van der Waals surface area contributed by atoms with Crippen LogP contribution in [-0.4, -0.2) is 21.5 Å². The van der Waals surface area contributed by atoms with E-state index in [9.17, 15) is 4.79 Å². The van der Waals surface area contributed by atoms with E-state index in [-0.39, 0.29) is 12.1 Å². The molecule has 0 saturated heterocycles. The van der Waals surface area contributed by atoms with Gasteiger partial charge in [0.1, 0.15) is 5.65 Å². The van der Waals surface area contributed by atoms with Gasteiger partial charge in [-0.2, -0.15) is 0 Å². The number of nitrogens with zero attached hydrogens (tertiary/aromatic N) is 2. The van der Waals surface area contributed by atoms with Crippen LogP contribution < -0.4 is 0 Å². The second kappa shape index (κ2) is 6.43. The maximum atomic E-state index is 12.3. The average molecular weight is 294 g/mol. The second-order valence-electron chi connectivity index (χ2n) is 5.31. The number of aryl methyl sites for hydroxylation is 1. The molecule has 0 N–H and O–H groups in total. The van der Waals surface area contributed by atoms with Gasteiger partial charge >= 0.3 is 5.97 Å². The van der Waals surface area contributed by atoms with Crippen LogP contribution in [0.25, 0.3) is 5.65 Å². The van der Waals surface area contributed by atoms with Gasteiger partial charge in [0, 0.05) is 6.20 Å². The fraction of sp³-hybridized carbons (Fsp3) is 0.222. The molecule has 4 heteroatoms. The zero-order valence-electron chi connectivity index (χ0n) is 12.5. The molecule has 22 heavy (non-hydrogen) atoms. The molecule has 1 aromatic carbocycles. The van der Waals surface area contributed by atoms with E-state index in [1.54, 1.807) is 10.6 Å². The van der Waals surface area contributed by atoms with E-state index < -0.39 is 0 Å². The van der Waals surface area contributed by atoms with E-state index in [4.69, 9.17) is 4.74 Å². The lowest BCUT2D eigenvalue weighted by molar-refractivity contribution is 0.0317. The van der Waals surface area contributed by atoms with Crippen molar-refractivity contribution in [2.24, 2.45) is 0 Å². The Labute approximate surface area is 129 Å². The van der Waals surface area contributed by atoms with Crippen molar-refractivity contribution in [3.05, 3.63) is 72.2 Å². The number of imidazole rings is 1. The number of fused-ring (bicyclic) bond motifs is 1. The number of carbonyl (C=O) groups is 1. The summed E-state index contributed by atoms with van der Waals surface area (Å²) in [7, 11) is 0. The smallest absolute Gasteiger partial charge is 0.357 e. The van der Waals surface area contributed by atoms with Gasteiger partial charge in [0.05, 0.1) is 12.3 Å². The zero-order valence-corrected chi connectivity index (χ0v) is 12.5. The molecule has 0 radical (unpaired) electrons. The summed E-state index contributed by atoms with van der Waals surface area (Å²) in [5, 5.41) is 0. The fourth-order valence-electron chi connectivity index (χ4n) is 2.40. The number of ether oxygens (including phenoxy) is 1. The molecule has 4 nitrogen and oxygen atoms in total. The van der Waals surface area contributed by atoms with Crippen molar-refractivity contribution in [1.29, 1.82) is 0 Å². The summed E-state index contributed by atoms with van der Waals surface area (Å²) in [6.07, 6.45) is 4.92. The van der Waals surface area contributed by atoms with Gasteiger partial charge in [0.25, 0.3) is 0 Å². The number of pyridine rings is 1. The lowest BCUT2D eigenvalue weighted by atomic mass is 10.1. The van der Waals surface area contributed by atoms with Gasteiger partial charge in [0.15, 0.2) is 5.69 Å². The van der Waals surface area contributed by atoms with Crippen molar-refractivity contribution in [3.8, 4) is 0 Å². The maximum Gasteiger partial charge on any atom is 0.357 e. The Morgan fingerprint density at radius 3 is 2.77 bits per heavy atom. The predicted octanol–water partition coefficient (Wildman–Crippen LogP) is 3.51. The zero-order chi connectivity index (χ0) is 15.4. The highest BCUT2D eigenvalue weighted by Gasteiger charge is 2.16.